The van der Waals surface area contributed by atoms with Gasteiger partial charge >= 0.3 is 0 Å². The summed E-state index contributed by atoms with van der Waals surface area (Å²) in [5.41, 5.74) is 0. The summed E-state index contributed by atoms with van der Waals surface area (Å²) < 4.78 is 0. The van der Waals surface area contributed by atoms with Crippen molar-refractivity contribution in [3.8, 4) is 0 Å². The Hall–Kier alpha value is -0.530. The number of hydrogen-bond acceptors (Lipinski definition) is 2. The average Bonchev–Trinajstić information content (AvgIpc) is 2.98. The van der Waals surface area contributed by atoms with Crippen LogP contribution >= 0.6 is 24.0 Å². The standard InChI is InChI=1S/C11H22N4O.HI/c1-14(2)11(15(3)4)13-8-7-12-10(16)9-5-6-9;/h9H,5-8H2,1-4H3,(H,12,16);1H. The highest BCUT2D eigenvalue weighted by molar-refractivity contribution is 14.0. The van der Waals surface area contributed by atoms with E-state index in [1.165, 1.54) is 0 Å². The van der Waals surface area contributed by atoms with Crippen molar-refractivity contribution in [2.24, 2.45) is 10.9 Å². The molecule has 0 aromatic carbocycles. The molecule has 0 aromatic rings. The second kappa shape index (κ2) is 7.73. The molecular formula is C11H23IN4O. The molecule has 1 amide bonds. The van der Waals surface area contributed by atoms with E-state index >= 15 is 0 Å². The van der Waals surface area contributed by atoms with E-state index in [2.05, 4.69) is 10.3 Å². The topological polar surface area (TPSA) is 47.9 Å². The minimum absolute atomic E-state index is 0. The maximum Gasteiger partial charge on any atom is 0.223 e. The minimum Gasteiger partial charge on any atom is -0.354 e. The van der Waals surface area contributed by atoms with Crippen LogP contribution in [0.25, 0.3) is 0 Å². The molecule has 0 atom stereocenters. The maximum atomic E-state index is 11.3. The normalized spacial score (nSPS) is 13.4. The van der Waals surface area contributed by atoms with Gasteiger partial charge in [-0.2, -0.15) is 0 Å². The van der Waals surface area contributed by atoms with Gasteiger partial charge in [0.15, 0.2) is 5.96 Å². The zero-order valence-electron chi connectivity index (χ0n) is 11.1. The number of hydrogen-bond donors (Lipinski definition) is 1. The molecule has 0 unspecified atom stereocenters. The van der Waals surface area contributed by atoms with E-state index in [0.717, 1.165) is 18.8 Å². The lowest BCUT2D eigenvalue weighted by Crippen LogP contribution is -2.36. The highest BCUT2D eigenvalue weighted by Crippen LogP contribution is 2.28. The zero-order chi connectivity index (χ0) is 12.1. The van der Waals surface area contributed by atoms with Crippen molar-refractivity contribution in [2.45, 2.75) is 12.8 Å². The number of nitrogens with zero attached hydrogens (tertiary/aromatic N) is 3. The largest absolute Gasteiger partial charge is 0.354 e. The lowest BCUT2D eigenvalue weighted by atomic mass is 10.4. The number of halogens is 1. The van der Waals surface area contributed by atoms with Gasteiger partial charge in [0.05, 0.1) is 6.54 Å². The number of guanidine groups is 1. The monoisotopic (exact) mass is 354 g/mol. The van der Waals surface area contributed by atoms with Crippen LogP contribution in [0.15, 0.2) is 4.99 Å². The molecule has 0 spiro atoms. The van der Waals surface area contributed by atoms with E-state index in [1.54, 1.807) is 0 Å². The molecule has 0 aromatic heterocycles. The highest BCUT2D eigenvalue weighted by atomic mass is 127. The van der Waals surface area contributed by atoms with Crippen molar-refractivity contribution >= 4 is 35.8 Å². The van der Waals surface area contributed by atoms with Gasteiger partial charge in [0.1, 0.15) is 0 Å². The van der Waals surface area contributed by atoms with Crippen molar-refractivity contribution in [1.29, 1.82) is 0 Å². The Morgan fingerprint density at radius 1 is 1.24 bits per heavy atom. The van der Waals surface area contributed by atoms with Gasteiger partial charge in [0.25, 0.3) is 0 Å². The fraction of sp³-hybridized carbons (Fsp3) is 0.818. The van der Waals surface area contributed by atoms with Crippen LogP contribution in [0.3, 0.4) is 0 Å². The van der Waals surface area contributed by atoms with Gasteiger partial charge in [-0.05, 0) is 12.8 Å². The summed E-state index contributed by atoms with van der Waals surface area (Å²) in [6, 6.07) is 0. The number of carbonyl (C=O) groups excluding carboxylic acids is 1. The quantitative estimate of drug-likeness (QED) is 0.348. The van der Waals surface area contributed by atoms with Gasteiger partial charge in [0, 0.05) is 40.7 Å². The summed E-state index contributed by atoms with van der Waals surface area (Å²) in [4.78, 5) is 19.7. The molecule has 1 saturated carbocycles. The van der Waals surface area contributed by atoms with Crippen LogP contribution in [0.1, 0.15) is 12.8 Å². The molecular weight excluding hydrogens is 331 g/mol. The summed E-state index contributed by atoms with van der Waals surface area (Å²) >= 11 is 0. The second-order valence-electron chi connectivity index (χ2n) is 4.54. The van der Waals surface area contributed by atoms with Crippen LogP contribution in [0, 0.1) is 5.92 Å². The molecule has 1 aliphatic carbocycles. The van der Waals surface area contributed by atoms with Crippen LogP contribution in [0.4, 0.5) is 0 Å². The van der Waals surface area contributed by atoms with E-state index < -0.39 is 0 Å². The van der Waals surface area contributed by atoms with Gasteiger partial charge < -0.3 is 15.1 Å². The first kappa shape index (κ1) is 16.5. The van der Waals surface area contributed by atoms with E-state index in [1.807, 2.05) is 38.0 Å². The SMILES string of the molecule is CN(C)C(=NCCNC(=O)C1CC1)N(C)C.I. The van der Waals surface area contributed by atoms with Crippen molar-refractivity contribution in [1.82, 2.24) is 15.1 Å². The van der Waals surface area contributed by atoms with Crippen molar-refractivity contribution in [3.05, 3.63) is 0 Å². The molecule has 1 fully saturated rings. The molecule has 6 heteroatoms. The molecule has 100 valence electrons. The summed E-state index contributed by atoms with van der Waals surface area (Å²) in [6.07, 6.45) is 2.10. The number of carbonyl (C=O) groups is 1. The highest BCUT2D eigenvalue weighted by Gasteiger charge is 2.28. The summed E-state index contributed by atoms with van der Waals surface area (Å²) in [7, 11) is 7.84. The molecule has 0 radical (unpaired) electrons. The van der Waals surface area contributed by atoms with E-state index in [0.29, 0.717) is 13.1 Å². The fourth-order valence-corrected chi connectivity index (χ4v) is 1.51. The van der Waals surface area contributed by atoms with Crippen LogP contribution in [0.2, 0.25) is 0 Å². The summed E-state index contributed by atoms with van der Waals surface area (Å²) in [5.74, 6) is 1.39. The molecule has 1 rings (SSSR count). The van der Waals surface area contributed by atoms with E-state index in [-0.39, 0.29) is 35.8 Å². The van der Waals surface area contributed by atoms with Gasteiger partial charge in [-0.15, -0.1) is 24.0 Å². The van der Waals surface area contributed by atoms with Gasteiger partial charge in [0.2, 0.25) is 5.91 Å². The summed E-state index contributed by atoms with van der Waals surface area (Å²) in [6.45, 7) is 1.25. The Kier molecular flexibility index (Phi) is 7.49. The third-order valence-electron chi connectivity index (χ3n) is 2.41. The van der Waals surface area contributed by atoms with Crippen LogP contribution in [-0.2, 0) is 4.79 Å². The third-order valence-corrected chi connectivity index (χ3v) is 2.41. The molecule has 1 N–H and O–H groups in total. The number of aliphatic imine (C=N–C) groups is 1. The second-order valence-corrected chi connectivity index (χ2v) is 4.54. The number of rotatable bonds is 4. The predicted octanol–water partition coefficient (Wildman–Crippen LogP) is 0.610. The maximum absolute atomic E-state index is 11.3. The Balaban J connectivity index is 0.00000256. The molecule has 0 bridgehead atoms. The van der Waals surface area contributed by atoms with Crippen molar-refractivity contribution in [3.63, 3.8) is 0 Å². The number of amides is 1. The first-order valence-corrected chi connectivity index (χ1v) is 5.69. The van der Waals surface area contributed by atoms with E-state index in [9.17, 15) is 4.79 Å². The summed E-state index contributed by atoms with van der Waals surface area (Å²) in [5, 5.41) is 2.89. The van der Waals surface area contributed by atoms with Gasteiger partial charge in [-0.1, -0.05) is 0 Å². The average molecular weight is 354 g/mol. The molecule has 5 nitrogen and oxygen atoms in total. The Morgan fingerprint density at radius 3 is 2.18 bits per heavy atom. The smallest absolute Gasteiger partial charge is 0.223 e. The first-order valence-electron chi connectivity index (χ1n) is 5.69. The van der Waals surface area contributed by atoms with Crippen LogP contribution < -0.4 is 5.32 Å². The lowest BCUT2D eigenvalue weighted by Gasteiger charge is -2.22. The zero-order valence-corrected chi connectivity index (χ0v) is 13.4. The van der Waals surface area contributed by atoms with E-state index in [4.69, 9.17) is 0 Å². The molecule has 0 heterocycles. The molecule has 1 aliphatic rings. The van der Waals surface area contributed by atoms with Crippen LogP contribution in [-0.4, -0.2) is 62.9 Å². The van der Waals surface area contributed by atoms with Crippen molar-refractivity contribution in [2.75, 3.05) is 41.3 Å². The van der Waals surface area contributed by atoms with Gasteiger partial charge in [-0.25, -0.2) is 0 Å². The molecule has 0 saturated heterocycles. The van der Waals surface area contributed by atoms with Crippen molar-refractivity contribution < 1.29 is 4.79 Å². The predicted molar refractivity (Wildman–Crippen MR) is 80.8 cm³/mol. The molecule has 17 heavy (non-hydrogen) atoms. The Bertz CT molecular complexity index is 265. The minimum atomic E-state index is 0. The Labute approximate surface area is 121 Å². The first-order chi connectivity index (χ1) is 7.52. The molecule has 0 aliphatic heterocycles. The Morgan fingerprint density at radius 2 is 1.76 bits per heavy atom. The van der Waals surface area contributed by atoms with Crippen LogP contribution in [0.5, 0.6) is 0 Å². The fourth-order valence-electron chi connectivity index (χ4n) is 1.51. The number of nitrogens with one attached hydrogen (secondary N) is 1. The third kappa shape index (κ3) is 6.09. The lowest BCUT2D eigenvalue weighted by molar-refractivity contribution is -0.122. The van der Waals surface area contributed by atoms with Gasteiger partial charge in [-0.3, -0.25) is 9.79 Å².